The van der Waals surface area contributed by atoms with Crippen molar-refractivity contribution in [2.45, 2.75) is 39.5 Å². The van der Waals surface area contributed by atoms with Crippen molar-refractivity contribution >= 4 is 18.3 Å². The van der Waals surface area contributed by atoms with E-state index in [1.807, 2.05) is 14.0 Å². The first-order chi connectivity index (χ1) is 10.6. The predicted octanol–water partition coefficient (Wildman–Crippen LogP) is 3.44. The molecule has 23 heavy (non-hydrogen) atoms. The zero-order valence-electron chi connectivity index (χ0n) is 14.7. The van der Waals surface area contributed by atoms with E-state index in [-0.39, 0.29) is 18.3 Å². The fraction of sp³-hybridized carbons (Fsp3) is 0.632. The third-order valence-corrected chi connectivity index (χ3v) is 4.82. The molecule has 1 N–H and O–H groups in total. The van der Waals surface area contributed by atoms with Gasteiger partial charge in [-0.25, -0.2) is 0 Å². The molecule has 130 valence electrons. The van der Waals surface area contributed by atoms with Gasteiger partial charge in [-0.3, -0.25) is 4.79 Å². The highest BCUT2D eigenvalue weighted by Crippen LogP contribution is 2.23. The number of nitrogens with zero attached hydrogens (tertiary/aromatic N) is 1. The van der Waals surface area contributed by atoms with Crippen LogP contribution in [0.3, 0.4) is 0 Å². The Morgan fingerprint density at radius 3 is 2.43 bits per heavy atom. The Morgan fingerprint density at radius 2 is 1.87 bits per heavy atom. The molecule has 1 heterocycles. The van der Waals surface area contributed by atoms with Crippen LogP contribution >= 0.6 is 12.4 Å². The number of hydrogen-bond acceptors (Lipinski definition) is 2. The summed E-state index contributed by atoms with van der Waals surface area (Å²) in [6.45, 7) is 6.79. The van der Waals surface area contributed by atoms with Crippen molar-refractivity contribution in [1.82, 2.24) is 10.2 Å². The molecule has 1 amide bonds. The number of benzene rings is 1. The average molecular weight is 339 g/mol. The van der Waals surface area contributed by atoms with Gasteiger partial charge in [0, 0.05) is 25.6 Å². The van der Waals surface area contributed by atoms with E-state index in [2.05, 4.69) is 41.4 Å². The summed E-state index contributed by atoms with van der Waals surface area (Å²) in [6.07, 6.45) is 4.72. The number of rotatable bonds is 6. The van der Waals surface area contributed by atoms with E-state index in [1.165, 1.54) is 17.5 Å². The summed E-state index contributed by atoms with van der Waals surface area (Å²) in [5, 5.41) is 3.09. The lowest BCUT2D eigenvalue weighted by atomic mass is 9.90. The molecule has 0 aromatic heterocycles. The minimum Gasteiger partial charge on any atom is -0.342 e. The molecular formula is C19H31ClN2O. The van der Waals surface area contributed by atoms with Crippen molar-refractivity contribution in [3.8, 4) is 0 Å². The molecule has 1 saturated heterocycles. The monoisotopic (exact) mass is 338 g/mol. The average Bonchev–Trinajstić information content (AvgIpc) is 2.54. The van der Waals surface area contributed by atoms with Gasteiger partial charge in [0.1, 0.15) is 0 Å². The minimum absolute atomic E-state index is 0. The molecule has 1 fully saturated rings. The molecule has 1 aliphatic heterocycles. The zero-order chi connectivity index (χ0) is 15.9. The molecule has 1 unspecified atom stereocenters. The molecule has 0 radical (unpaired) electrons. The normalized spacial score (nSPS) is 16.7. The van der Waals surface area contributed by atoms with Gasteiger partial charge >= 0.3 is 0 Å². The Morgan fingerprint density at radius 1 is 1.26 bits per heavy atom. The first kappa shape index (κ1) is 20.0. The number of likely N-dealkylation sites (tertiary alicyclic amines) is 1. The molecule has 3 nitrogen and oxygen atoms in total. The lowest BCUT2D eigenvalue weighted by molar-refractivity contribution is -0.136. The smallest absolute Gasteiger partial charge is 0.226 e. The molecular weight excluding hydrogens is 308 g/mol. The molecule has 0 bridgehead atoms. The van der Waals surface area contributed by atoms with E-state index in [0.29, 0.717) is 5.91 Å². The van der Waals surface area contributed by atoms with Crippen LogP contribution in [0.15, 0.2) is 24.3 Å². The summed E-state index contributed by atoms with van der Waals surface area (Å²) in [5.74, 6) is 1.17. The van der Waals surface area contributed by atoms with Crippen LogP contribution in [0.25, 0.3) is 0 Å². The van der Waals surface area contributed by atoms with Crippen molar-refractivity contribution in [1.29, 1.82) is 0 Å². The quantitative estimate of drug-likeness (QED) is 0.861. The number of carbonyl (C=O) groups is 1. The second-order valence-electron chi connectivity index (χ2n) is 6.75. The standard InChI is InChI=1S/C19H30N2O.ClH/c1-15-4-6-17(7-5-15)8-9-18-10-12-21(13-11-18)19(22)16(2)14-20-3;/h4-7,16,18,20H,8-14H2,1-3H3;1H. The van der Waals surface area contributed by atoms with Crippen molar-refractivity contribution in [3.63, 3.8) is 0 Å². The molecule has 2 rings (SSSR count). The predicted molar refractivity (Wildman–Crippen MR) is 99.1 cm³/mol. The largest absolute Gasteiger partial charge is 0.342 e. The number of halogens is 1. The fourth-order valence-electron chi connectivity index (χ4n) is 3.27. The minimum atomic E-state index is 0. The van der Waals surface area contributed by atoms with E-state index in [1.54, 1.807) is 0 Å². The summed E-state index contributed by atoms with van der Waals surface area (Å²) in [7, 11) is 1.90. The van der Waals surface area contributed by atoms with E-state index in [4.69, 9.17) is 0 Å². The van der Waals surface area contributed by atoms with Gasteiger partial charge in [-0.2, -0.15) is 0 Å². The van der Waals surface area contributed by atoms with Crippen LogP contribution in [0.1, 0.15) is 37.3 Å². The van der Waals surface area contributed by atoms with Crippen LogP contribution < -0.4 is 5.32 Å². The van der Waals surface area contributed by atoms with Crippen LogP contribution in [0.2, 0.25) is 0 Å². The zero-order valence-corrected chi connectivity index (χ0v) is 15.5. The first-order valence-electron chi connectivity index (χ1n) is 8.59. The van der Waals surface area contributed by atoms with Gasteiger partial charge in [0.05, 0.1) is 0 Å². The SMILES string of the molecule is CNCC(C)C(=O)N1CCC(CCc2ccc(C)cc2)CC1.Cl. The lowest BCUT2D eigenvalue weighted by Crippen LogP contribution is -2.43. The highest BCUT2D eigenvalue weighted by atomic mass is 35.5. The van der Waals surface area contributed by atoms with Crippen molar-refractivity contribution in [3.05, 3.63) is 35.4 Å². The molecule has 1 aromatic rings. The van der Waals surface area contributed by atoms with E-state index < -0.39 is 0 Å². The first-order valence-corrected chi connectivity index (χ1v) is 8.59. The molecule has 1 aliphatic rings. The van der Waals surface area contributed by atoms with Crippen LogP contribution in [0.5, 0.6) is 0 Å². The van der Waals surface area contributed by atoms with Gasteiger partial charge in [0.15, 0.2) is 0 Å². The van der Waals surface area contributed by atoms with Crippen molar-refractivity contribution < 1.29 is 4.79 Å². The lowest BCUT2D eigenvalue weighted by Gasteiger charge is -2.33. The van der Waals surface area contributed by atoms with Crippen LogP contribution in [-0.4, -0.2) is 37.5 Å². The van der Waals surface area contributed by atoms with Gasteiger partial charge in [-0.15, -0.1) is 12.4 Å². The second-order valence-corrected chi connectivity index (χ2v) is 6.75. The summed E-state index contributed by atoms with van der Waals surface area (Å²) in [4.78, 5) is 14.4. The maximum Gasteiger partial charge on any atom is 0.226 e. The summed E-state index contributed by atoms with van der Waals surface area (Å²) < 4.78 is 0. The van der Waals surface area contributed by atoms with Gasteiger partial charge in [-0.05, 0) is 51.1 Å². The number of piperidine rings is 1. The van der Waals surface area contributed by atoms with Gasteiger partial charge < -0.3 is 10.2 Å². The Labute approximate surface area is 147 Å². The molecule has 0 saturated carbocycles. The summed E-state index contributed by atoms with van der Waals surface area (Å²) in [5.41, 5.74) is 2.76. The number of hydrogen-bond donors (Lipinski definition) is 1. The molecule has 0 spiro atoms. The second kappa shape index (κ2) is 9.94. The maximum absolute atomic E-state index is 12.3. The van der Waals surface area contributed by atoms with Gasteiger partial charge in [0.25, 0.3) is 0 Å². The van der Waals surface area contributed by atoms with Crippen LogP contribution in [-0.2, 0) is 11.2 Å². The summed E-state index contributed by atoms with van der Waals surface area (Å²) >= 11 is 0. The van der Waals surface area contributed by atoms with Crippen molar-refractivity contribution in [2.24, 2.45) is 11.8 Å². The highest BCUT2D eigenvalue weighted by Gasteiger charge is 2.25. The number of aryl methyl sites for hydroxylation is 2. The van der Waals surface area contributed by atoms with Crippen LogP contribution in [0.4, 0.5) is 0 Å². The van der Waals surface area contributed by atoms with Gasteiger partial charge in [-0.1, -0.05) is 36.8 Å². The number of amides is 1. The third-order valence-electron chi connectivity index (χ3n) is 4.82. The third kappa shape index (κ3) is 6.15. The van der Waals surface area contributed by atoms with E-state index in [9.17, 15) is 4.79 Å². The molecule has 0 aliphatic carbocycles. The Kier molecular flexibility index (Phi) is 8.64. The van der Waals surface area contributed by atoms with Crippen molar-refractivity contribution in [2.75, 3.05) is 26.7 Å². The Hall–Kier alpha value is -1.06. The molecule has 4 heteroatoms. The topological polar surface area (TPSA) is 32.3 Å². The number of carbonyl (C=O) groups excluding carboxylic acids is 1. The van der Waals surface area contributed by atoms with E-state index in [0.717, 1.165) is 44.8 Å². The van der Waals surface area contributed by atoms with E-state index >= 15 is 0 Å². The highest BCUT2D eigenvalue weighted by molar-refractivity contribution is 5.85. The Bertz CT molecular complexity index is 467. The fourth-order valence-corrected chi connectivity index (χ4v) is 3.27. The van der Waals surface area contributed by atoms with Gasteiger partial charge in [0.2, 0.25) is 5.91 Å². The molecule has 1 atom stereocenters. The van der Waals surface area contributed by atoms with Crippen LogP contribution in [0, 0.1) is 18.8 Å². The molecule has 1 aromatic carbocycles. The number of nitrogens with one attached hydrogen (secondary N) is 1. The Balaban J connectivity index is 0.00000264. The summed E-state index contributed by atoms with van der Waals surface area (Å²) in [6, 6.07) is 8.88. The maximum atomic E-state index is 12.3.